The van der Waals surface area contributed by atoms with Gasteiger partial charge in [0.05, 0.1) is 6.61 Å². The molecule has 1 fully saturated rings. The van der Waals surface area contributed by atoms with E-state index >= 15 is 0 Å². The van der Waals surface area contributed by atoms with Crippen LogP contribution >= 0.6 is 0 Å². The number of likely N-dealkylation sites (tertiary alicyclic amines) is 1. The number of rotatable bonds is 4. The molecular formula is C13H20F3NO5. The number of hydrogen-bond acceptors (Lipinski definition) is 4. The lowest BCUT2D eigenvalue weighted by atomic mass is 9.88. The Bertz CT molecular complexity index is 432. The first-order chi connectivity index (χ1) is 9.85. The summed E-state index contributed by atoms with van der Waals surface area (Å²) in [6.45, 7) is 2.72. The number of ether oxygens (including phenoxy) is 2. The average molecular weight is 327 g/mol. The lowest BCUT2D eigenvalue weighted by Gasteiger charge is -2.27. The van der Waals surface area contributed by atoms with Crippen LogP contribution in [0.2, 0.25) is 0 Å². The van der Waals surface area contributed by atoms with Gasteiger partial charge in [-0.1, -0.05) is 0 Å². The van der Waals surface area contributed by atoms with Crippen molar-refractivity contribution in [1.82, 2.24) is 4.90 Å². The van der Waals surface area contributed by atoms with Gasteiger partial charge in [0.2, 0.25) is 0 Å². The normalized spacial score (nSPS) is 22.7. The Hall–Kier alpha value is -1.51. The van der Waals surface area contributed by atoms with Crippen molar-refractivity contribution in [1.29, 1.82) is 0 Å². The number of alkyl halides is 3. The smallest absolute Gasteiger partial charge is 0.411 e. The minimum Gasteiger partial charge on any atom is -0.481 e. The number of halogens is 3. The third kappa shape index (κ3) is 5.36. The number of amides is 1. The largest absolute Gasteiger partial charge is 0.481 e. The van der Waals surface area contributed by atoms with Gasteiger partial charge in [0.15, 0.2) is 0 Å². The Morgan fingerprint density at radius 1 is 1.27 bits per heavy atom. The second kappa shape index (κ2) is 6.31. The molecule has 1 N–H and O–H groups in total. The van der Waals surface area contributed by atoms with Gasteiger partial charge in [0.1, 0.15) is 17.6 Å². The molecule has 1 atom stereocenters. The molecule has 0 bridgehead atoms. The van der Waals surface area contributed by atoms with Gasteiger partial charge in [-0.15, -0.1) is 0 Å². The third-order valence-electron chi connectivity index (χ3n) is 3.10. The van der Waals surface area contributed by atoms with Crippen LogP contribution in [0.3, 0.4) is 0 Å². The summed E-state index contributed by atoms with van der Waals surface area (Å²) < 4.78 is 45.9. The molecule has 0 radical (unpaired) electrons. The van der Waals surface area contributed by atoms with E-state index in [0.717, 1.165) is 0 Å². The van der Waals surface area contributed by atoms with Crippen LogP contribution in [0, 0.1) is 5.41 Å². The second-order valence-corrected chi connectivity index (χ2v) is 6.35. The number of nitrogens with zero attached hydrogens (tertiary/aromatic N) is 1. The van der Waals surface area contributed by atoms with Crippen molar-refractivity contribution in [3.63, 3.8) is 0 Å². The van der Waals surface area contributed by atoms with Crippen molar-refractivity contribution < 1.29 is 37.3 Å². The summed E-state index contributed by atoms with van der Waals surface area (Å²) in [6, 6.07) is 0. The van der Waals surface area contributed by atoms with E-state index in [0.29, 0.717) is 0 Å². The zero-order chi connectivity index (χ0) is 17.2. The van der Waals surface area contributed by atoms with E-state index < -0.39 is 42.5 Å². The second-order valence-electron chi connectivity index (χ2n) is 6.35. The number of carbonyl (C=O) groups excluding carboxylic acids is 1. The number of carbonyl (C=O) groups is 2. The van der Waals surface area contributed by atoms with Crippen molar-refractivity contribution in [3.8, 4) is 0 Å². The van der Waals surface area contributed by atoms with Crippen molar-refractivity contribution in [2.75, 3.05) is 26.3 Å². The molecule has 1 unspecified atom stereocenters. The molecule has 1 aliphatic rings. The summed E-state index contributed by atoms with van der Waals surface area (Å²) in [6.07, 6.45) is -5.20. The fourth-order valence-electron chi connectivity index (χ4n) is 2.07. The molecule has 1 amide bonds. The Morgan fingerprint density at radius 3 is 2.32 bits per heavy atom. The van der Waals surface area contributed by atoms with Gasteiger partial charge in [-0.2, -0.15) is 13.2 Å². The zero-order valence-corrected chi connectivity index (χ0v) is 12.7. The van der Waals surface area contributed by atoms with Gasteiger partial charge < -0.3 is 19.5 Å². The maximum atomic E-state index is 12.1. The minimum absolute atomic E-state index is 0.0133. The van der Waals surface area contributed by atoms with E-state index in [9.17, 15) is 27.9 Å². The van der Waals surface area contributed by atoms with Crippen molar-refractivity contribution in [3.05, 3.63) is 0 Å². The van der Waals surface area contributed by atoms with Gasteiger partial charge in [0.25, 0.3) is 0 Å². The average Bonchev–Trinajstić information content (AvgIpc) is 2.70. The van der Waals surface area contributed by atoms with E-state index in [1.807, 2.05) is 0 Å². The van der Waals surface area contributed by atoms with Crippen LogP contribution in [0.1, 0.15) is 27.2 Å². The highest BCUT2D eigenvalue weighted by Gasteiger charge is 2.48. The Labute approximate surface area is 126 Å². The summed E-state index contributed by atoms with van der Waals surface area (Å²) in [5.74, 6) is -1.29. The summed E-state index contributed by atoms with van der Waals surface area (Å²) in [5.41, 5.74) is -2.28. The van der Waals surface area contributed by atoms with Gasteiger partial charge in [-0.05, 0) is 27.2 Å². The predicted octanol–water partition coefficient (Wildman–Crippen LogP) is 2.28. The fourth-order valence-corrected chi connectivity index (χ4v) is 2.07. The van der Waals surface area contributed by atoms with Crippen LogP contribution in [0.15, 0.2) is 0 Å². The molecule has 1 rings (SSSR count). The summed E-state index contributed by atoms with van der Waals surface area (Å²) in [4.78, 5) is 24.5. The molecule has 0 saturated carbocycles. The number of carboxylic acid groups (broad SMARTS) is 1. The molecule has 9 heteroatoms. The predicted molar refractivity (Wildman–Crippen MR) is 69.4 cm³/mol. The number of hydrogen-bond donors (Lipinski definition) is 1. The maximum Gasteiger partial charge on any atom is 0.411 e. The molecule has 0 spiro atoms. The highest BCUT2D eigenvalue weighted by Crippen LogP contribution is 2.33. The molecule has 128 valence electrons. The maximum absolute atomic E-state index is 12.1. The molecule has 6 nitrogen and oxygen atoms in total. The summed E-state index contributed by atoms with van der Waals surface area (Å²) in [5, 5.41) is 9.29. The molecule has 0 aromatic carbocycles. The van der Waals surface area contributed by atoms with Gasteiger partial charge in [0, 0.05) is 13.1 Å². The van der Waals surface area contributed by atoms with E-state index in [4.69, 9.17) is 4.74 Å². The number of carboxylic acids is 1. The molecule has 0 aromatic heterocycles. The van der Waals surface area contributed by atoms with Gasteiger partial charge in [-0.25, -0.2) is 4.79 Å². The zero-order valence-electron chi connectivity index (χ0n) is 12.7. The van der Waals surface area contributed by atoms with Crippen LogP contribution in [-0.4, -0.2) is 60.1 Å². The Balaban J connectivity index is 2.67. The van der Waals surface area contributed by atoms with Gasteiger partial charge in [-0.3, -0.25) is 4.79 Å². The van der Waals surface area contributed by atoms with Gasteiger partial charge >= 0.3 is 18.2 Å². The first-order valence-electron chi connectivity index (χ1n) is 6.70. The highest BCUT2D eigenvalue weighted by molar-refractivity contribution is 5.78. The first-order valence-corrected chi connectivity index (χ1v) is 6.70. The monoisotopic (exact) mass is 327 g/mol. The van der Waals surface area contributed by atoms with Crippen LogP contribution in [0.5, 0.6) is 0 Å². The molecule has 1 aliphatic heterocycles. The quantitative estimate of drug-likeness (QED) is 0.857. The lowest BCUT2D eigenvalue weighted by Crippen LogP contribution is -2.42. The molecule has 1 saturated heterocycles. The number of aliphatic carboxylic acids is 1. The highest BCUT2D eigenvalue weighted by atomic mass is 19.4. The Kier molecular flexibility index (Phi) is 5.32. The van der Waals surface area contributed by atoms with Crippen LogP contribution in [-0.2, 0) is 14.3 Å². The van der Waals surface area contributed by atoms with E-state index in [2.05, 4.69) is 4.74 Å². The first kappa shape index (κ1) is 18.5. The van der Waals surface area contributed by atoms with Crippen LogP contribution in [0.25, 0.3) is 0 Å². The van der Waals surface area contributed by atoms with Crippen molar-refractivity contribution in [2.24, 2.45) is 5.41 Å². The molecule has 22 heavy (non-hydrogen) atoms. The van der Waals surface area contributed by atoms with E-state index in [1.54, 1.807) is 20.8 Å². The Morgan fingerprint density at radius 2 is 1.86 bits per heavy atom. The third-order valence-corrected chi connectivity index (χ3v) is 3.10. The molecule has 0 aromatic rings. The van der Waals surface area contributed by atoms with Crippen molar-refractivity contribution >= 4 is 12.1 Å². The molecular weight excluding hydrogens is 307 g/mol. The van der Waals surface area contributed by atoms with E-state index in [1.165, 1.54) is 4.90 Å². The van der Waals surface area contributed by atoms with Crippen LogP contribution < -0.4 is 0 Å². The summed E-state index contributed by atoms with van der Waals surface area (Å²) >= 11 is 0. The minimum atomic E-state index is -4.52. The standard InChI is InChI=1S/C13H20F3NO5/c1-11(2,3)22-10(20)17-5-4-12(6-17,9(18)19)7-21-8-13(14,15)16/h4-8H2,1-3H3,(H,18,19). The van der Waals surface area contributed by atoms with Crippen LogP contribution in [0.4, 0.5) is 18.0 Å². The molecule has 0 aliphatic carbocycles. The SMILES string of the molecule is CC(C)(C)OC(=O)N1CCC(COCC(F)(F)F)(C(=O)O)C1. The lowest BCUT2D eigenvalue weighted by molar-refractivity contribution is -0.185. The molecule has 1 heterocycles. The summed E-state index contributed by atoms with van der Waals surface area (Å²) in [7, 11) is 0. The fraction of sp³-hybridized carbons (Fsp3) is 0.846. The van der Waals surface area contributed by atoms with Crippen molar-refractivity contribution in [2.45, 2.75) is 39.0 Å². The topological polar surface area (TPSA) is 76.1 Å². The van der Waals surface area contributed by atoms with E-state index in [-0.39, 0.29) is 19.5 Å².